The average Bonchev–Trinajstić information content (AvgIpc) is 3.00. The van der Waals surface area contributed by atoms with Crippen molar-refractivity contribution in [2.75, 3.05) is 27.2 Å². The molecule has 0 aliphatic carbocycles. The molecule has 0 radical (unpaired) electrons. The Morgan fingerprint density at radius 1 is 1.03 bits per heavy atom. The number of urea groups is 1. The van der Waals surface area contributed by atoms with Gasteiger partial charge in [-0.3, -0.25) is 9.69 Å². The number of nitrogens with one attached hydrogen (secondary N) is 1. The molecule has 8 nitrogen and oxygen atoms in total. The molecule has 1 aliphatic rings. The van der Waals surface area contributed by atoms with Gasteiger partial charge in [-0.1, -0.05) is 43.7 Å². The van der Waals surface area contributed by atoms with Crippen LogP contribution in [0.1, 0.15) is 25.3 Å². The summed E-state index contributed by atoms with van der Waals surface area (Å²) in [5.41, 5.74) is -0.300. The van der Waals surface area contributed by atoms with E-state index in [0.29, 0.717) is 12.2 Å². The summed E-state index contributed by atoms with van der Waals surface area (Å²) in [6, 6.07) is 14.8. The molecular formula is C22H27N3O5S. The van der Waals surface area contributed by atoms with Crippen molar-refractivity contribution in [3.63, 3.8) is 0 Å². The maximum Gasteiger partial charge on any atom is 0.325 e. The van der Waals surface area contributed by atoms with Crippen LogP contribution in [0.2, 0.25) is 0 Å². The van der Waals surface area contributed by atoms with Gasteiger partial charge >= 0.3 is 6.03 Å². The molecule has 1 fully saturated rings. The molecule has 3 rings (SSSR count). The summed E-state index contributed by atoms with van der Waals surface area (Å²) in [7, 11) is -0.586. The molecule has 3 amide bonds. The van der Waals surface area contributed by atoms with Crippen molar-refractivity contribution in [2.45, 2.75) is 30.2 Å². The van der Waals surface area contributed by atoms with Gasteiger partial charge in [0.25, 0.3) is 5.91 Å². The van der Waals surface area contributed by atoms with Crippen molar-refractivity contribution >= 4 is 22.0 Å². The third kappa shape index (κ3) is 4.42. The number of hydrogen-bond donors (Lipinski definition) is 1. The molecule has 9 heteroatoms. The van der Waals surface area contributed by atoms with Crippen LogP contribution in [-0.4, -0.2) is 56.8 Å². The van der Waals surface area contributed by atoms with E-state index in [1.807, 2.05) is 37.3 Å². The van der Waals surface area contributed by atoms with Crippen LogP contribution >= 0.6 is 0 Å². The molecule has 2 aromatic carbocycles. The highest BCUT2D eigenvalue weighted by Gasteiger charge is 2.51. The zero-order valence-corrected chi connectivity index (χ0v) is 18.7. The Balaban J connectivity index is 1.67. The maximum absolute atomic E-state index is 13.2. The molecule has 1 atom stereocenters. The normalized spacial score (nSPS) is 19.0. The Bertz CT molecular complexity index is 1040. The molecule has 1 N–H and O–H groups in total. The maximum atomic E-state index is 13.2. The Morgan fingerprint density at radius 2 is 1.68 bits per heavy atom. The summed E-state index contributed by atoms with van der Waals surface area (Å²) in [6.07, 6.45) is 1.23. The molecule has 166 valence electrons. The predicted octanol–water partition coefficient (Wildman–Crippen LogP) is 2.56. The fourth-order valence-electron chi connectivity index (χ4n) is 3.61. The van der Waals surface area contributed by atoms with E-state index in [9.17, 15) is 18.0 Å². The fourth-order valence-corrected chi connectivity index (χ4v) is 4.51. The molecule has 0 spiro atoms. The smallest absolute Gasteiger partial charge is 0.325 e. The third-order valence-electron chi connectivity index (χ3n) is 5.25. The molecule has 0 bridgehead atoms. The van der Waals surface area contributed by atoms with Crippen LogP contribution in [0.3, 0.4) is 0 Å². The molecule has 0 aromatic heterocycles. The van der Waals surface area contributed by atoms with E-state index in [1.165, 1.54) is 31.1 Å². The van der Waals surface area contributed by atoms with Crippen molar-refractivity contribution in [3.05, 3.63) is 60.2 Å². The Kier molecular flexibility index (Phi) is 6.66. The summed E-state index contributed by atoms with van der Waals surface area (Å²) < 4.78 is 31.0. The number of ether oxygens (including phenoxy) is 1. The third-order valence-corrected chi connectivity index (χ3v) is 7.08. The second kappa shape index (κ2) is 9.07. The van der Waals surface area contributed by atoms with Gasteiger partial charge in [-0.15, -0.1) is 0 Å². The molecule has 31 heavy (non-hydrogen) atoms. The lowest BCUT2D eigenvalue weighted by Gasteiger charge is -2.27. The molecule has 1 heterocycles. The Hall–Kier alpha value is -2.91. The van der Waals surface area contributed by atoms with Crippen molar-refractivity contribution in [2.24, 2.45) is 0 Å². The van der Waals surface area contributed by atoms with Crippen molar-refractivity contribution in [1.29, 1.82) is 0 Å². The first-order chi connectivity index (χ1) is 14.7. The number of imide groups is 1. The van der Waals surface area contributed by atoms with Gasteiger partial charge in [0.1, 0.15) is 17.9 Å². The van der Waals surface area contributed by atoms with Gasteiger partial charge in [0, 0.05) is 14.1 Å². The van der Waals surface area contributed by atoms with Gasteiger partial charge in [0.15, 0.2) is 0 Å². The van der Waals surface area contributed by atoms with Crippen LogP contribution in [-0.2, 0) is 20.4 Å². The Labute approximate surface area is 182 Å². The van der Waals surface area contributed by atoms with Gasteiger partial charge < -0.3 is 10.1 Å². The molecule has 2 aromatic rings. The first kappa shape index (κ1) is 22.8. The SMILES string of the molecule is CCCC1(c2ccccc2)NC(=O)N(CCOc2ccc(S(=O)(=O)N(C)C)cc2)C1=O. The second-order valence-corrected chi connectivity index (χ2v) is 9.67. The topological polar surface area (TPSA) is 96.0 Å². The first-order valence-electron chi connectivity index (χ1n) is 10.1. The number of rotatable bonds is 9. The standard InChI is InChI=1S/C22H27N3O5S/c1-4-14-22(17-8-6-5-7-9-17)20(26)25(21(27)23-22)15-16-30-18-10-12-19(13-11-18)31(28,29)24(2)3/h5-13H,4,14-16H2,1-3H3,(H,23,27). The molecule has 0 saturated carbocycles. The lowest BCUT2D eigenvalue weighted by atomic mass is 9.85. The number of carbonyl (C=O) groups is 2. The number of hydrogen-bond acceptors (Lipinski definition) is 5. The number of sulfonamides is 1. The van der Waals surface area contributed by atoms with Gasteiger partial charge in [-0.25, -0.2) is 17.5 Å². The van der Waals surface area contributed by atoms with Gasteiger partial charge in [-0.05, 0) is 36.2 Å². The minimum Gasteiger partial charge on any atom is -0.492 e. The number of nitrogens with zero attached hydrogens (tertiary/aromatic N) is 2. The van der Waals surface area contributed by atoms with E-state index >= 15 is 0 Å². The summed E-state index contributed by atoms with van der Waals surface area (Å²) in [6.45, 7) is 2.15. The van der Waals surface area contributed by atoms with Crippen LogP contribution in [0.4, 0.5) is 4.79 Å². The quantitative estimate of drug-likeness (QED) is 0.599. The van der Waals surface area contributed by atoms with E-state index in [2.05, 4.69) is 5.32 Å². The van der Waals surface area contributed by atoms with E-state index in [-0.39, 0.29) is 24.0 Å². The Morgan fingerprint density at radius 3 is 2.26 bits per heavy atom. The highest BCUT2D eigenvalue weighted by Crippen LogP contribution is 2.33. The van der Waals surface area contributed by atoms with E-state index in [1.54, 1.807) is 12.1 Å². The van der Waals surface area contributed by atoms with Crippen molar-refractivity contribution in [1.82, 2.24) is 14.5 Å². The average molecular weight is 446 g/mol. The predicted molar refractivity (Wildman–Crippen MR) is 116 cm³/mol. The number of benzene rings is 2. The minimum absolute atomic E-state index is 0.0840. The van der Waals surface area contributed by atoms with E-state index in [0.717, 1.165) is 16.3 Å². The van der Waals surface area contributed by atoms with Crippen LogP contribution in [0.25, 0.3) is 0 Å². The van der Waals surface area contributed by atoms with Crippen molar-refractivity contribution < 1.29 is 22.7 Å². The molecule has 1 saturated heterocycles. The largest absolute Gasteiger partial charge is 0.492 e. The van der Waals surface area contributed by atoms with Gasteiger partial charge in [-0.2, -0.15) is 0 Å². The van der Waals surface area contributed by atoms with E-state index in [4.69, 9.17) is 4.74 Å². The minimum atomic E-state index is -3.51. The summed E-state index contributed by atoms with van der Waals surface area (Å²) in [5.74, 6) is 0.161. The monoisotopic (exact) mass is 445 g/mol. The van der Waals surface area contributed by atoms with Crippen LogP contribution < -0.4 is 10.1 Å². The first-order valence-corrected chi connectivity index (χ1v) is 11.5. The number of carbonyl (C=O) groups excluding carboxylic acids is 2. The zero-order valence-electron chi connectivity index (χ0n) is 17.9. The van der Waals surface area contributed by atoms with Gasteiger partial charge in [0.2, 0.25) is 10.0 Å². The fraction of sp³-hybridized carbons (Fsp3) is 0.364. The molecule has 1 unspecified atom stereocenters. The molecule has 1 aliphatic heterocycles. The zero-order chi connectivity index (χ0) is 22.6. The van der Waals surface area contributed by atoms with Crippen LogP contribution in [0.5, 0.6) is 5.75 Å². The summed E-state index contributed by atoms with van der Waals surface area (Å²) in [5, 5.41) is 2.88. The highest BCUT2D eigenvalue weighted by molar-refractivity contribution is 7.89. The van der Waals surface area contributed by atoms with Crippen LogP contribution in [0, 0.1) is 0 Å². The summed E-state index contributed by atoms with van der Waals surface area (Å²) in [4.78, 5) is 27.1. The highest BCUT2D eigenvalue weighted by atomic mass is 32.2. The second-order valence-electron chi connectivity index (χ2n) is 7.52. The van der Waals surface area contributed by atoms with Crippen molar-refractivity contribution in [3.8, 4) is 5.75 Å². The summed E-state index contributed by atoms with van der Waals surface area (Å²) >= 11 is 0. The van der Waals surface area contributed by atoms with Crippen LogP contribution in [0.15, 0.2) is 59.5 Å². The van der Waals surface area contributed by atoms with E-state index < -0.39 is 21.6 Å². The molecular weight excluding hydrogens is 418 g/mol. The number of amides is 3. The lowest BCUT2D eigenvalue weighted by Crippen LogP contribution is -2.44. The van der Waals surface area contributed by atoms with Gasteiger partial charge in [0.05, 0.1) is 11.4 Å². The lowest BCUT2D eigenvalue weighted by molar-refractivity contribution is -0.132.